The topological polar surface area (TPSA) is 96.8 Å². The molecule has 2 saturated heterocycles. The second-order valence-electron chi connectivity index (χ2n) is 12.1. The molecule has 0 amide bonds. The number of hydrogen-bond donors (Lipinski definition) is 2. The molecule has 0 bridgehead atoms. The maximum atomic E-state index is 14.9. The number of carbonyl (C=O) groups excluding carboxylic acids is 1. The SMILES string of the molecule is O=C(ONc1ccc(N2CCN(c3ccc(C[B]C4CNC(Cn5cncn5)(c5ccc(F)cc5F)O4)cc3)CC2)cc1)c1ccccc1. The van der Waals surface area contributed by atoms with E-state index in [9.17, 15) is 13.6 Å². The average Bonchev–Trinajstić information content (AvgIpc) is 3.81. The third-order valence-electron chi connectivity index (χ3n) is 8.86. The summed E-state index contributed by atoms with van der Waals surface area (Å²) in [5.74, 6) is -1.76. The van der Waals surface area contributed by atoms with Crippen LogP contribution in [0.5, 0.6) is 0 Å². The Morgan fingerprint density at radius 2 is 1.63 bits per heavy atom. The molecule has 3 heterocycles. The monoisotopic (exact) mass is 662 g/mol. The van der Waals surface area contributed by atoms with Crippen LogP contribution >= 0.6 is 0 Å². The van der Waals surface area contributed by atoms with Gasteiger partial charge in [-0.1, -0.05) is 42.2 Å². The fourth-order valence-electron chi connectivity index (χ4n) is 6.25. The van der Waals surface area contributed by atoms with Crippen molar-refractivity contribution < 1.29 is 23.1 Å². The van der Waals surface area contributed by atoms with Crippen LogP contribution in [0, 0.1) is 11.6 Å². The van der Waals surface area contributed by atoms with Crippen molar-refractivity contribution in [3.8, 4) is 0 Å². The van der Waals surface area contributed by atoms with Gasteiger partial charge in [0.05, 0.1) is 17.8 Å². The van der Waals surface area contributed by atoms with Gasteiger partial charge in [-0.3, -0.25) is 5.32 Å². The molecule has 2 fully saturated rings. The summed E-state index contributed by atoms with van der Waals surface area (Å²) in [6.07, 6.45) is 3.61. The second kappa shape index (κ2) is 14.5. The van der Waals surface area contributed by atoms with Crippen molar-refractivity contribution in [3.05, 3.63) is 138 Å². The van der Waals surface area contributed by atoms with E-state index in [0.29, 0.717) is 24.1 Å². The highest BCUT2D eigenvalue weighted by Gasteiger charge is 2.44. The first-order valence-corrected chi connectivity index (χ1v) is 16.2. The maximum Gasteiger partial charge on any atom is 0.362 e. The minimum atomic E-state index is -1.21. The molecule has 2 aliphatic heterocycles. The van der Waals surface area contributed by atoms with Gasteiger partial charge in [0.25, 0.3) is 0 Å². The standard InChI is InChI=1S/C36H35BF2N7O3/c38-28-8-15-32(33(39)20-28)36(23-46-25-40-24-42-46)41-22-34(48-36)37-21-26-6-11-30(12-7-26)44-16-18-45(19-17-44)31-13-9-29(10-14-31)43-49-35(47)27-4-2-1-3-5-27/h1-15,20,24-25,34,41,43H,16-19,21-23H2. The number of anilines is 3. The smallest absolute Gasteiger partial charge is 0.362 e. The van der Waals surface area contributed by atoms with E-state index >= 15 is 0 Å². The van der Waals surface area contributed by atoms with Crippen molar-refractivity contribution in [1.29, 1.82) is 0 Å². The van der Waals surface area contributed by atoms with Gasteiger partial charge < -0.3 is 19.4 Å². The number of rotatable bonds is 11. The normalized spacial score (nSPS) is 19.1. The molecule has 1 radical (unpaired) electrons. The first-order valence-electron chi connectivity index (χ1n) is 16.2. The van der Waals surface area contributed by atoms with Crippen LogP contribution in [0.25, 0.3) is 0 Å². The van der Waals surface area contributed by atoms with E-state index in [1.807, 2.05) is 30.3 Å². The molecule has 0 saturated carbocycles. The molecule has 2 unspecified atom stereocenters. The molecular weight excluding hydrogens is 627 g/mol. The van der Waals surface area contributed by atoms with E-state index < -0.39 is 23.3 Å². The van der Waals surface area contributed by atoms with Crippen molar-refractivity contribution in [2.45, 2.75) is 24.6 Å². The number of carbonyl (C=O) groups is 1. The Labute approximate surface area is 283 Å². The lowest BCUT2D eigenvalue weighted by atomic mass is 9.66. The Kier molecular flexibility index (Phi) is 9.53. The number of hydrogen-bond acceptors (Lipinski definition) is 9. The molecule has 1 aromatic heterocycles. The third-order valence-corrected chi connectivity index (χ3v) is 8.86. The fraction of sp³-hybridized carbons (Fsp3) is 0.250. The van der Waals surface area contributed by atoms with Gasteiger partial charge in [-0.2, -0.15) is 5.10 Å². The summed E-state index contributed by atoms with van der Waals surface area (Å²) in [5.41, 5.74) is 6.34. The number of nitrogens with one attached hydrogen (secondary N) is 2. The lowest BCUT2D eigenvalue weighted by Gasteiger charge is -2.37. The fourth-order valence-corrected chi connectivity index (χ4v) is 6.25. The highest BCUT2D eigenvalue weighted by atomic mass is 19.1. The molecular formula is C36H35BF2N7O3. The predicted molar refractivity (Wildman–Crippen MR) is 183 cm³/mol. The maximum absolute atomic E-state index is 14.9. The summed E-state index contributed by atoms with van der Waals surface area (Å²) in [6.45, 7) is 4.17. The summed E-state index contributed by atoms with van der Waals surface area (Å²) >= 11 is 0. The van der Waals surface area contributed by atoms with Crippen LogP contribution in [0.2, 0.25) is 0 Å². The van der Waals surface area contributed by atoms with Crippen molar-refractivity contribution in [2.24, 2.45) is 0 Å². The first kappa shape index (κ1) is 32.3. The van der Waals surface area contributed by atoms with Crippen molar-refractivity contribution in [1.82, 2.24) is 20.1 Å². The number of nitrogens with zero attached hydrogens (tertiary/aromatic N) is 5. The minimum absolute atomic E-state index is 0.177. The van der Waals surface area contributed by atoms with Gasteiger partial charge in [0.2, 0.25) is 0 Å². The number of aromatic nitrogens is 3. The van der Waals surface area contributed by atoms with Gasteiger partial charge in [-0.15, -0.1) is 0 Å². The van der Waals surface area contributed by atoms with Crippen LogP contribution in [0.1, 0.15) is 21.5 Å². The van der Waals surface area contributed by atoms with Crippen LogP contribution in [0.15, 0.2) is 110 Å². The number of halogens is 2. The molecule has 13 heteroatoms. The van der Waals surface area contributed by atoms with Gasteiger partial charge in [0, 0.05) is 61.7 Å². The van der Waals surface area contributed by atoms with E-state index in [2.05, 4.69) is 62.2 Å². The van der Waals surface area contributed by atoms with Crippen LogP contribution in [-0.4, -0.2) is 66.7 Å². The lowest BCUT2D eigenvalue weighted by molar-refractivity contribution is -0.0486. The highest BCUT2D eigenvalue weighted by molar-refractivity contribution is 6.37. The summed E-state index contributed by atoms with van der Waals surface area (Å²) in [6, 6.07) is 28.5. The number of benzene rings is 4. The largest absolute Gasteiger partial charge is 0.368 e. The molecule has 5 aromatic rings. The Balaban J connectivity index is 0.890. The van der Waals surface area contributed by atoms with Gasteiger partial charge >= 0.3 is 5.97 Å². The van der Waals surface area contributed by atoms with Crippen LogP contribution < -0.4 is 20.6 Å². The Morgan fingerprint density at radius 3 is 2.29 bits per heavy atom. The summed E-state index contributed by atoms with van der Waals surface area (Å²) in [7, 11) is 2.07. The zero-order valence-corrected chi connectivity index (χ0v) is 26.7. The molecule has 2 atom stereocenters. The number of piperazine rings is 1. The third kappa shape index (κ3) is 7.58. The minimum Gasteiger partial charge on any atom is -0.368 e. The first-order chi connectivity index (χ1) is 23.9. The van der Waals surface area contributed by atoms with E-state index in [4.69, 9.17) is 9.57 Å². The van der Waals surface area contributed by atoms with Crippen molar-refractivity contribution in [2.75, 3.05) is 48.0 Å². The van der Waals surface area contributed by atoms with E-state index in [1.165, 1.54) is 30.5 Å². The molecule has 49 heavy (non-hydrogen) atoms. The summed E-state index contributed by atoms with van der Waals surface area (Å²) in [4.78, 5) is 26.1. The molecule has 7 rings (SSSR count). The van der Waals surface area contributed by atoms with Crippen LogP contribution in [-0.2, 0) is 28.2 Å². The Hall–Kier alpha value is -5.27. The van der Waals surface area contributed by atoms with Crippen molar-refractivity contribution >= 4 is 30.3 Å². The molecule has 2 aliphatic rings. The summed E-state index contributed by atoms with van der Waals surface area (Å²) in [5, 5.41) is 7.48. The van der Waals surface area contributed by atoms with Gasteiger partial charge in [-0.25, -0.2) is 28.7 Å². The predicted octanol–water partition coefficient (Wildman–Crippen LogP) is 4.77. The van der Waals surface area contributed by atoms with Gasteiger partial charge in [0.15, 0.2) is 13.0 Å². The molecule has 0 spiro atoms. The van der Waals surface area contributed by atoms with Crippen molar-refractivity contribution in [3.63, 3.8) is 0 Å². The van der Waals surface area contributed by atoms with E-state index in [-0.39, 0.29) is 18.1 Å². The average molecular weight is 663 g/mol. The van der Waals surface area contributed by atoms with Crippen LogP contribution in [0.3, 0.4) is 0 Å². The molecule has 0 aliphatic carbocycles. The number of ether oxygens (including phenoxy) is 1. The zero-order chi connectivity index (χ0) is 33.6. The molecule has 10 nitrogen and oxygen atoms in total. The molecule has 4 aromatic carbocycles. The molecule has 2 N–H and O–H groups in total. The quantitative estimate of drug-likeness (QED) is 0.153. The van der Waals surface area contributed by atoms with E-state index in [0.717, 1.165) is 43.5 Å². The highest BCUT2D eigenvalue weighted by Crippen LogP contribution is 2.33. The van der Waals surface area contributed by atoms with Crippen LogP contribution in [0.4, 0.5) is 25.8 Å². The van der Waals surface area contributed by atoms with Gasteiger partial charge in [0.1, 0.15) is 24.3 Å². The Morgan fingerprint density at radius 1 is 0.939 bits per heavy atom. The zero-order valence-electron chi connectivity index (χ0n) is 26.7. The second-order valence-corrected chi connectivity index (χ2v) is 12.1. The van der Waals surface area contributed by atoms with Gasteiger partial charge in [-0.05, 0) is 60.7 Å². The van der Waals surface area contributed by atoms with E-state index in [1.54, 1.807) is 28.9 Å². The Bertz CT molecular complexity index is 1840. The summed E-state index contributed by atoms with van der Waals surface area (Å²) < 4.78 is 36.6. The molecule has 249 valence electrons. The lowest BCUT2D eigenvalue weighted by Crippen LogP contribution is -2.46.